The summed E-state index contributed by atoms with van der Waals surface area (Å²) in [6.07, 6.45) is 3.32. The van der Waals surface area contributed by atoms with Gasteiger partial charge in [-0.1, -0.05) is 31.0 Å². The van der Waals surface area contributed by atoms with E-state index in [9.17, 15) is 19.2 Å². The standard InChI is InChI=1S/C25H26N2O6/c1-2-32-21-13-6-5-12-20(21)26-22(28)15-33-25(31)16-8-7-9-17(14-16)27-23(29)18-10-3-4-11-19(18)24(27)30/h5-9,12-14,18-19H,2-4,10-11,15H2,1H3,(H,26,28)/t18-,19+. The van der Waals surface area contributed by atoms with E-state index < -0.39 is 18.5 Å². The first-order valence-electron chi connectivity index (χ1n) is 11.2. The summed E-state index contributed by atoms with van der Waals surface area (Å²) in [5.74, 6) is -1.67. The number of anilines is 2. The maximum Gasteiger partial charge on any atom is 0.338 e. The molecule has 2 aliphatic rings. The van der Waals surface area contributed by atoms with Crippen LogP contribution in [0.5, 0.6) is 5.75 Å². The van der Waals surface area contributed by atoms with Gasteiger partial charge in [0.25, 0.3) is 5.91 Å². The lowest BCUT2D eigenvalue weighted by molar-refractivity contribution is -0.122. The van der Waals surface area contributed by atoms with Crippen LogP contribution >= 0.6 is 0 Å². The first kappa shape index (κ1) is 22.5. The molecular formula is C25H26N2O6. The molecule has 0 spiro atoms. The Labute approximate surface area is 191 Å². The van der Waals surface area contributed by atoms with Gasteiger partial charge in [-0.25, -0.2) is 4.79 Å². The van der Waals surface area contributed by atoms with Gasteiger partial charge in [0, 0.05) is 0 Å². The molecule has 0 unspecified atom stereocenters. The Morgan fingerprint density at radius 1 is 1.00 bits per heavy atom. The van der Waals surface area contributed by atoms with Gasteiger partial charge in [0.15, 0.2) is 6.61 Å². The molecule has 1 saturated carbocycles. The number of carbonyl (C=O) groups is 4. The van der Waals surface area contributed by atoms with Gasteiger partial charge in [-0.15, -0.1) is 0 Å². The summed E-state index contributed by atoms with van der Waals surface area (Å²) in [5.41, 5.74) is 0.990. The van der Waals surface area contributed by atoms with E-state index >= 15 is 0 Å². The zero-order chi connectivity index (χ0) is 23.4. The minimum absolute atomic E-state index is 0.158. The Balaban J connectivity index is 1.40. The molecule has 3 amide bonds. The molecular weight excluding hydrogens is 424 g/mol. The van der Waals surface area contributed by atoms with E-state index in [0.29, 0.717) is 23.7 Å². The molecule has 2 aromatic rings. The van der Waals surface area contributed by atoms with E-state index in [4.69, 9.17) is 9.47 Å². The van der Waals surface area contributed by atoms with E-state index in [-0.39, 0.29) is 29.2 Å². The number of benzene rings is 2. The highest BCUT2D eigenvalue weighted by Crippen LogP contribution is 2.40. The van der Waals surface area contributed by atoms with Gasteiger partial charge in [-0.2, -0.15) is 0 Å². The molecule has 4 rings (SSSR count). The van der Waals surface area contributed by atoms with Crippen LogP contribution in [0.2, 0.25) is 0 Å². The van der Waals surface area contributed by atoms with Crippen LogP contribution in [0.4, 0.5) is 11.4 Å². The number of nitrogens with zero attached hydrogens (tertiary/aromatic N) is 1. The van der Waals surface area contributed by atoms with Crippen molar-refractivity contribution in [3.63, 3.8) is 0 Å². The van der Waals surface area contributed by atoms with Crippen LogP contribution in [-0.2, 0) is 19.1 Å². The second kappa shape index (κ2) is 9.85. The Morgan fingerprint density at radius 2 is 1.70 bits per heavy atom. The zero-order valence-corrected chi connectivity index (χ0v) is 18.4. The second-order valence-corrected chi connectivity index (χ2v) is 8.11. The summed E-state index contributed by atoms with van der Waals surface area (Å²) in [5, 5.41) is 2.66. The molecule has 0 aromatic heterocycles. The highest BCUT2D eigenvalue weighted by Gasteiger charge is 2.48. The van der Waals surface area contributed by atoms with Crippen molar-refractivity contribution in [2.75, 3.05) is 23.4 Å². The summed E-state index contributed by atoms with van der Waals surface area (Å²) < 4.78 is 10.6. The minimum Gasteiger partial charge on any atom is -0.492 e. The molecule has 2 atom stereocenters. The van der Waals surface area contributed by atoms with Crippen LogP contribution in [0.15, 0.2) is 48.5 Å². The number of fused-ring (bicyclic) bond motifs is 1. The molecule has 2 fully saturated rings. The van der Waals surface area contributed by atoms with Crippen LogP contribution in [0.3, 0.4) is 0 Å². The van der Waals surface area contributed by atoms with Crippen LogP contribution in [0.1, 0.15) is 43.0 Å². The molecule has 1 N–H and O–H groups in total. The van der Waals surface area contributed by atoms with Crippen molar-refractivity contribution in [3.05, 3.63) is 54.1 Å². The van der Waals surface area contributed by atoms with E-state index in [2.05, 4.69) is 5.32 Å². The van der Waals surface area contributed by atoms with Crippen molar-refractivity contribution < 1.29 is 28.7 Å². The van der Waals surface area contributed by atoms with E-state index in [1.807, 2.05) is 6.92 Å². The van der Waals surface area contributed by atoms with Crippen molar-refractivity contribution in [2.45, 2.75) is 32.6 Å². The molecule has 172 valence electrons. The van der Waals surface area contributed by atoms with Crippen LogP contribution < -0.4 is 15.0 Å². The van der Waals surface area contributed by atoms with Crippen molar-refractivity contribution in [1.82, 2.24) is 0 Å². The first-order valence-corrected chi connectivity index (χ1v) is 11.2. The summed E-state index contributed by atoms with van der Waals surface area (Å²) in [6, 6.07) is 13.2. The Morgan fingerprint density at radius 3 is 2.39 bits per heavy atom. The van der Waals surface area contributed by atoms with Crippen molar-refractivity contribution in [1.29, 1.82) is 0 Å². The van der Waals surface area contributed by atoms with Gasteiger partial charge < -0.3 is 14.8 Å². The fourth-order valence-corrected chi connectivity index (χ4v) is 4.44. The average Bonchev–Trinajstić information content (AvgIpc) is 3.09. The lowest BCUT2D eigenvalue weighted by Crippen LogP contribution is -2.31. The van der Waals surface area contributed by atoms with Gasteiger partial charge >= 0.3 is 5.97 Å². The quantitative estimate of drug-likeness (QED) is 0.511. The lowest BCUT2D eigenvalue weighted by atomic mass is 9.81. The summed E-state index contributed by atoms with van der Waals surface area (Å²) in [4.78, 5) is 51.6. The maximum atomic E-state index is 12.8. The fourth-order valence-electron chi connectivity index (χ4n) is 4.44. The molecule has 8 nitrogen and oxygen atoms in total. The molecule has 1 heterocycles. The molecule has 8 heteroatoms. The molecule has 33 heavy (non-hydrogen) atoms. The second-order valence-electron chi connectivity index (χ2n) is 8.11. The first-order chi connectivity index (χ1) is 16.0. The minimum atomic E-state index is -0.721. The maximum absolute atomic E-state index is 12.8. The van der Waals surface area contributed by atoms with Crippen LogP contribution in [0, 0.1) is 11.8 Å². The molecule has 1 aliphatic heterocycles. The average molecular weight is 450 g/mol. The van der Waals surface area contributed by atoms with Crippen LogP contribution in [0.25, 0.3) is 0 Å². The predicted molar refractivity (Wildman–Crippen MR) is 121 cm³/mol. The normalized spacial score (nSPS) is 19.7. The Kier molecular flexibility index (Phi) is 6.72. The monoisotopic (exact) mass is 450 g/mol. The number of rotatable bonds is 7. The third kappa shape index (κ3) is 4.74. The summed E-state index contributed by atoms with van der Waals surface area (Å²) in [6.45, 7) is 1.79. The highest BCUT2D eigenvalue weighted by atomic mass is 16.5. The molecule has 1 saturated heterocycles. The number of esters is 1. The van der Waals surface area contributed by atoms with Crippen molar-refractivity contribution in [2.24, 2.45) is 11.8 Å². The Hall–Kier alpha value is -3.68. The SMILES string of the molecule is CCOc1ccccc1NC(=O)COC(=O)c1cccc(N2C(=O)[C@H]3CCCC[C@H]3C2=O)c1. The lowest BCUT2D eigenvalue weighted by Gasteiger charge is -2.19. The molecule has 0 bridgehead atoms. The molecule has 2 aromatic carbocycles. The summed E-state index contributed by atoms with van der Waals surface area (Å²) >= 11 is 0. The zero-order valence-electron chi connectivity index (χ0n) is 18.4. The number of ether oxygens (including phenoxy) is 2. The number of amides is 3. The van der Waals surface area contributed by atoms with Gasteiger partial charge in [0.2, 0.25) is 11.8 Å². The number of hydrogen-bond donors (Lipinski definition) is 1. The van der Waals surface area contributed by atoms with Gasteiger partial charge in [0.05, 0.1) is 35.4 Å². The topological polar surface area (TPSA) is 102 Å². The number of nitrogens with one attached hydrogen (secondary N) is 1. The van der Waals surface area contributed by atoms with Gasteiger partial charge in [-0.05, 0) is 50.1 Å². The third-order valence-electron chi connectivity index (χ3n) is 5.98. The van der Waals surface area contributed by atoms with E-state index in [1.54, 1.807) is 36.4 Å². The van der Waals surface area contributed by atoms with E-state index in [1.165, 1.54) is 17.0 Å². The van der Waals surface area contributed by atoms with Crippen molar-refractivity contribution >= 4 is 35.1 Å². The number of carbonyl (C=O) groups excluding carboxylic acids is 4. The Bertz CT molecular complexity index is 1060. The van der Waals surface area contributed by atoms with Crippen molar-refractivity contribution in [3.8, 4) is 5.75 Å². The number of para-hydroxylation sites is 2. The van der Waals surface area contributed by atoms with Crippen LogP contribution in [-0.4, -0.2) is 36.9 Å². The van der Waals surface area contributed by atoms with Gasteiger partial charge in [0.1, 0.15) is 5.75 Å². The highest BCUT2D eigenvalue weighted by molar-refractivity contribution is 6.22. The number of imide groups is 1. The van der Waals surface area contributed by atoms with E-state index in [0.717, 1.165) is 25.7 Å². The summed E-state index contributed by atoms with van der Waals surface area (Å²) in [7, 11) is 0. The third-order valence-corrected chi connectivity index (χ3v) is 5.98. The fraction of sp³-hybridized carbons (Fsp3) is 0.360. The van der Waals surface area contributed by atoms with Gasteiger partial charge in [-0.3, -0.25) is 19.3 Å². The predicted octanol–water partition coefficient (Wildman–Crippen LogP) is 3.56. The molecule has 0 radical (unpaired) electrons. The smallest absolute Gasteiger partial charge is 0.338 e. The molecule has 1 aliphatic carbocycles. The largest absolute Gasteiger partial charge is 0.492 e. The number of hydrogen-bond acceptors (Lipinski definition) is 6.